The lowest BCUT2D eigenvalue weighted by Crippen LogP contribution is -2.21. The summed E-state index contributed by atoms with van der Waals surface area (Å²) in [4.78, 5) is 8.71. The molecule has 0 aliphatic rings. The molecule has 0 radical (unpaired) electrons. The zero-order chi connectivity index (χ0) is 11.5. The van der Waals surface area contributed by atoms with Crippen molar-refractivity contribution in [2.24, 2.45) is 7.05 Å². The lowest BCUT2D eigenvalue weighted by atomic mass is 10.1. The van der Waals surface area contributed by atoms with Crippen LogP contribution in [0.25, 0.3) is 0 Å². The summed E-state index contributed by atoms with van der Waals surface area (Å²) in [5.74, 6) is 0.963. The molecule has 0 saturated carbocycles. The standard InChI is InChI=1S/C10H15N5S/c1-7-14-9(5-16-7)8(11-2)4-10-12-6-13-15(10)3/h5-6,8,11H,4H2,1-3H3. The largest absolute Gasteiger partial charge is 0.311 e. The first kappa shape index (κ1) is 11.2. The summed E-state index contributed by atoms with van der Waals surface area (Å²) in [6.07, 6.45) is 2.38. The molecule has 1 N–H and O–H groups in total. The molecule has 1 unspecified atom stereocenters. The Labute approximate surface area is 98.5 Å². The molecule has 0 aliphatic heterocycles. The highest BCUT2D eigenvalue weighted by Crippen LogP contribution is 2.18. The first-order valence-electron chi connectivity index (χ1n) is 5.13. The molecule has 86 valence electrons. The van der Waals surface area contributed by atoms with Gasteiger partial charge in [-0.15, -0.1) is 11.3 Å². The maximum Gasteiger partial charge on any atom is 0.138 e. The molecule has 1 atom stereocenters. The smallest absolute Gasteiger partial charge is 0.138 e. The normalized spacial score (nSPS) is 12.9. The van der Waals surface area contributed by atoms with Gasteiger partial charge >= 0.3 is 0 Å². The second-order valence-electron chi connectivity index (χ2n) is 3.64. The third-order valence-corrected chi connectivity index (χ3v) is 3.33. The number of nitrogens with one attached hydrogen (secondary N) is 1. The number of nitrogens with zero attached hydrogens (tertiary/aromatic N) is 4. The highest BCUT2D eigenvalue weighted by Gasteiger charge is 2.15. The van der Waals surface area contributed by atoms with Gasteiger partial charge in [-0.1, -0.05) is 0 Å². The summed E-state index contributed by atoms with van der Waals surface area (Å²) < 4.78 is 1.80. The van der Waals surface area contributed by atoms with Crippen LogP contribution in [0.3, 0.4) is 0 Å². The van der Waals surface area contributed by atoms with E-state index in [0.717, 1.165) is 22.9 Å². The van der Waals surface area contributed by atoms with E-state index >= 15 is 0 Å². The van der Waals surface area contributed by atoms with Crippen LogP contribution in [-0.4, -0.2) is 26.8 Å². The number of hydrogen-bond acceptors (Lipinski definition) is 5. The molecular formula is C10H15N5S. The minimum atomic E-state index is 0.202. The van der Waals surface area contributed by atoms with Gasteiger partial charge in [-0.3, -0.25) is 4.68 Å². The van der Waals surface area contributed by atoms with Crippen molar-refractivity contribution in [2.45, 2.75) is 19.4 Å². The number of aryl methyl sites for hydroxylation is 2. The predicted molar refractivity (Wildman–Crippen MR) is 63.4 cm³/mol. The van der Waals surface area contributed by atoms with Crippen LogP contribution in [0.5, 0.6) is 0 Å². The van der Waals surface area contributed by atoms with Crippen molar-refractivity contribution in [1.82, 2.24) is 25.1 Å². The second-order valence-corrected chi connectivity index (χ2v) is 4.70. The molecule has 2 aromatic rings. The topological polar surface area (TPSA) is 55.6 Å². The van der Waals surface area contributed by atoms with Gasteiger partial charge in [0, 0.05) is 18.8 Å². The molecule has 0 spiro atoms. The molecule has 5 nitrogen and oxygen atoms in total. The summed E-state index contributed by atoms with van der Waals surface area (Å²) in [5.41, 5.74) is 1.08. The second kappa shape index (κ2) is 4.71. The molecule has 0 aromatic carbocycles. The number of hydrogen-bond donors (Lipinski definition) is 1. The fourth-order valence-corrected chi connectivity index (χ4v) is 2.25. The zero-order valence-electron chi connectivity index (χ0n) is 9.64. The Morgan fingerprint density at radius 2 is 2.38 bits per heavy atom. The average Bonchev–Trinajstić information content (AvgIpc) is 2.85. The van der Waals surface area contributed by atoms with Crippen LogP contribution in [0, 0.1) is 6.92 Å². The summed E-state index contributed by atoms with van der Waals surface area (Å²) >= 11 is 1.67. The minimum Gasteiger partial charge on any atom is -0.311 e. The quantitative estimate of drug-likeness (QED) is 0.864. The van der Waals surface area contributed by atoms with E-state index in [4.69, 9.17) is 0 Å². The molecule has 2 aromatic heterocycles. The molecule has 6 heteroatoms. The average molecular weight is 237 g/mol. The maximum absolute atomic E-state index is 4.49. The minimum absolute atomic E-state index is 0.202. The molecular weight excluding hydrogens is 222 g/mol. The summed E-state index contributed by atoms with van der Waals surface area (Å²) in [5, 5.41) is 10.5. The van der Waals surface area contributed by atoms with Crippen LogP contribution >= 0.6 is 11.3 Å². The van der Waals surface area contributed by atoms with Crippen LogP contribution in [-0.2, 0) is 13.5 Å². The highest BCUT2D eigenvalue weighted by molar-refractivity contribution is 7.09. The van der Waals surface area contributed by atoms with Crippen LogP contribution < -0.4 is 5.32 Å². The van der Waals surface area contributed by atoms with E-state index in [1.807, 2.05) is 21.0 Å². The fourth-order valence-electron chi connectivity index (χ4n) is 1.58. The summed E-state index contributed by atoms with van der Waals surface area (Å²) in [6.45, 7) is 2.02. The Morgan fingerprint density at radius 1 is 1.56 bits per heavy atom. The van der Waals surface area contributed by atoms with Crippen LogP contribution in [0.15, 0.2) is 11.7 Å². The highest BCUT2D eigenvalue weighted by atomic mass is 32.1. The van der Waals surface area contributed by atoms with Crippen molar-refractivity contribution in [3.63, 3.8) is 0 Å². The fraction of sp³-hybridized carbons (Fsp3) is 0.500. The van der Waals surface area contributed by atoms with Gasteiger partial charge < -0.3 is 5.32 Å². The zero-order valence-corrected chi connectivity index (χ0v) is 10.5. The van der Waals surface area contributed by atoms with E-state index in [1.165, 1.54) is 0 Å². The molecule has 2 heterocycles. The van der Waals surface area contributed by atoms with Gasteiger partial charge in [0.05, 0.1) is 16.7 Å². The van der Waals surface area contributed by atoms with Gasteiger partial charge in [0.2, 0.25) is 0 Å². The third-order valence-electron chi connectivity index (χ3n) is 2.53. The van der Waals surface area contributed by atoms with Crippen LogP contribution in [0.2, 0.25) is 0 Å². The summed E-state index contributed by atoms with van der Waals surface area (Å²) in [6, 6.07) is 0.202. The maximum atomic E-state index is 4.49. The Balaban J connectivity index is 2.15. The third kappa shape index (κ3) is 2.28. The van der Waals surface area contributed by atoms with E-state index in [9.17, 15) is 0 Å². The van der Waals surface area contributed by atoms with E-state index < -0.39 is 0 Å². The van der Waals surface area contributed by atoms with Crippen molar-refractivity contribution in [2.75, 3.05) is 7.05 Å². The van der Waals surface area contributed by atoms with Gasteiger partial charge in [0.25, 0.3) is 0 Å². The Hall–Kier alpha value is -1.27. The number of aromatic nitrogens is 4. The predicted octanol–water partition coefficient (Wildman–Crippen LogP) is 1.08. The first-order chi connectivity index (χ1) is 7.70. The summed E-state index contributed by atoms with van der Waals surface area (Å²) in [7, 11) is 3.84. The molecule has 16 heavy (non-hydrogen) atoms. The molecule has 0 fully saturated rings. The lowest BCUT2D eigenvalue weighted by molar-refractivity contribution is 0.543. The van der Waals surface area contributed by atoms with Crippen LogP contribution in [0.4, 0.5) is 0 Å². The van der Waals surface area contributed by atoms with Crippen molar-refractivity contribution in [3.8, 4) is 0 Å². The number of thiazole rings is 1. The van der Waals surface area contributed by atoms with E-state index in [-0.39, 0.29) is 6.04 Å². The van der Waals surface area contributed by atoms with Crippen LogP contribution in [0.1, 0.15) is 22.6 Å². The van der Waals surface area contributed by atoms with E-state index in [0.29, 0.717) is 0 Å². The number of rotatable bonds is 4. The molecule has 0 amide bonds. The van der Waals surface area contributed by atoms with Gasteiger partial charge in [-0.25, -0.2) is 9.97 Å². The Morgan fingerprint density at radius 3 is 2.88 bits per heavy atom. The van der Waals surface area contributed by atoms with Crippen molar-refractivity contribution < 1.29 is 0 Å². The van der Waals surface area contributed by atoms with Gasteiger partial charge in [-0.05, 0) is 14.0 Å². The molecule has 0 saturated heterocycles. The SMILES string of the molecule is CNC(Cc1ncnn1C)c1csc(C)n1. The van der Waals surface area contributed by atoms with Gasteiger partial charge in [-0.2, -0.15) is 5.10 Å². The van der Waals surface area contributed by atoms with E-state index in [1.54, 1.807) is 22.3 Å². The van der Waals surface area contributed by atoms with E-state index in [2.05, 4.69) is 25.8 Å². The van der Waals surface area contributed by atoms with Crippen molar-refractivity contribution in [1.29, 1.82) is 0 Å². The van der Waals surface area contributed by atoms with Gasteiger partial charge in [0.1, 0.15) is 12.2 Å². The number of likely N-dealkylation sites (N-methyl/N-ethyl adjacent to an activating group) is 1. The molecule has 0 aliphatic carbocycles. The molecule has 0 bridgehead atoms. The first-order valence-corrected chi connectivity index (χ1v) is 6.01. The Bertz CT molecular complexity index is 461. The lowest BCUT2D eigenvalue weighted by Gasteiger charge is -2.12. The van der Waals surface area contributed by atoms with Gasteiger partial charge in [0.15, 0.2) is 0 Å². The van der Waals surface area contributed by atoms with Crippen molar-refractivity contribution >= 4 is 11.3 Å². The van der Waals surface area contributed by atoms with Crippen molar-refractivity contribution in [3.05, 3.63) is 28.2 Å². The monoisotopic (exact) mass is 237 g/mol. The Kier molecular flexibility index (Phi) is 3.31. The molecule has 2 rings (SSSR count).